The number of amides is 3. The predicted molar refractivity (Wildman–Crippen MR) is 99.2 cm³/mol. The third kappa shape index (κ3) is 4.87. The van der Waals surface area contributed by atoms with Crippen LogP contribution >= 0.6 is 0 Å². The van der Waals surface area contributed by atoms with Gasteiger partial charge >= 0.3 is 0 Å². The second-order valence-electron chi connectivity index (χ2n) is 6.39. The van der Waals surface area contributed by atoms with Gasteiger partial charge in [-0.1, -0.05) is 6.07 Å². The largest absolute Gasteiger partial charge is 0.349 e. The van der Waals surface area contributed by atoms with Gasteiger partial charge in [-0.3, -0.25) is 19.4 Å². The van der Waals surface area contributed by atoms with E-state index in [2.05, 4.69) is 20.6 Å². The van der Waals surface area contributed by atoms with Gasteiger partial charge in [0.2, 0.25) is 5.91 Å². The van der Waals surface area contributed by atoms with Crippen molar-refractivity contribution in [2.24, 2.45) is 0 Å². The van der Waals surface area contributed by atoms with Gasteiger partial charge in [0.15, 0.2) is 0 Å². The molecule has 140 valence electrons. The number of nitrogens with one attached hydrogen (secondary N) is 2. The molecule has 0 saturated carbocycles. The molecule has 3 amide bonds. The molecule has 1 aromatic carbocycles. The molecule has 1 fully saturated rings. The number of likely N-dealkylation sites (tertiary alicyclic amines) is 1. The maximum Gasteiger partial charge on any atom is 0.274 e. The summed E-state index contributed by atoms with van der Waals surface area (Å²) < 4.78 is 0. The highest BCUT2D eigenvalue weighted by molar-refractivity contribution is 5.97. The first-order chi connectivity index (χ1) is 13.0. The SMILES string of the molecule is CC(=O)Nc1cccc(C(=O)NC2CCN(C(=O)c3cnccn3)CC2)c1. The highest BCUT2D eigenvalue weighted by Gasteiger charge is 2.25. The molecule has 1 saturated heterocycles. The van der Waals surface area contributed by atoms with Gasteiger partial charge in [0.25, 0.3) is 11.8 Å². The summed E-state index contributed by atoms with van der Waals surface area (Å²) in [5.74, 6) is -0.524. The molecular weight excluding hydrogens is 346 g/mol. The molecule has 27 heavy (non-hydrogen) atoms. The lowest BCUT2D eigenvalue weighted by atomic mass is 10.0. The lowest BCUT2D eigenvalue weighted by Crippen LogP contribution is -2.46. The maximum atomic E-state index is 12.5. The fourth-order valence-corrected chi connectivity index (χ4v) is 3.01. The summed E-state index contributed by atoms with van der Waals surface area (Å²) in [5.41, 5.74) is 1.40. The van der Waals surface area contributed by atoms with Gasteiger partial charge in [0.05, 0.1) is 6.20 Å². The van der Waals surface area contributed by atoms with Crippen LogP contribution in [0, 0.1) is 0 Å². The van der Waals surface area contributed by atoms with Crippen LogP contribution < -0.4 is 10.6 Å². The minimum absolute atomic E-state index is 0.00664. The van der Waals surface area contributed by atoms with Crippen molar-refractivity contribution < 1.29 is 14.4 Å². The van der Waals surface area contributed by atoms with Crippen molar-refractivity contribution in [2.75, 3.05) is 18.4 Å². The van der Waals surface area contributed by atoms with Crippen molar-refractivity contribution in [3.05, 3.63) is 54.1 Å². The summed E-state index contributed by atoms with van der Waals surface area (Å²) >= 11 is 0. The van der Waals surface area contributed by atoms with Gasteiger partial charge < -0.3 is 15.5 Å². The fourth-order valence-electron chi connectivity index (χ4n) is 3.01. The summed E-state index contributed by atoms with van der Waals surface area (Å²) in [5, 5.41) is 5.66. The quantitative estimate of drug-likeness (QED) is 0.852. The molecule has 0 spiro atoms. The van der Waals surface area contributed by atoms with Crippen LogP contribution in [0.3, 0.4) is 0 Å². The Hall–Kier alpha value is -3.29. The third-order valence-corrected chi connectivity index (χ3v) is 4.34. The summed E-state index contributed by atoms with van der Waals surface area (Å²) in [4.78, 5) is 45.7. The lowest BCUT2D eigenvalue weighted by Gasteiger charge is -2.32. The maximum absolute atomic E-state index is 12.5. The minimum Gasteiger partial charge on any atom is -0.349 e. The highest BCUT2D eigenvalue weighted by Crippen LogP contribution is 2.15. The molecule has 2 N–H and O–H groups in total. The van der Waals surface area contributed by atoms with Crippen molar-refractivity contribution in [3.63, 3.8) is 0 Å². The third-order valence-electron chi connectivity index (χ3n) is 4.34. The number of piperidine rings is 1. The fraction of sp³-hybridized carbons (Fsp3) is 0.316. The number of hydrogen-bond donors (Lipinski definition) is 2. The van der Waals surface area contributed by atoms with Crippen LogP contribution in [0.25, 0.3) is 0 Å². The Balaban J connectivity index is 1.54. The molecule has 0 radical (unpaired) electrons. The molecule has 2 heterocycles. The van der Waals surface area contributed by atoms with E-state index < -0.39 is 0 Å². The first-order valence-electron chi connectivity index (χ1n) is 8.77. The van der Waals surface area contributed by atoms with E-state index in [0.717, 1.165) is 0 Å². The van der Waals surface area contributed by atoms with Crippen LogP contribution in [0.15, 0.2) is 42.9 Å². The second-order valence-corrected chi connectivity index (χ2v) is 6.39. The first kappa shape index (κ1) is 18.5. The van der Waals surface area contributed by atoms with E-state index in [1.54, 1.807) is 29.2 Å². The number of carbonyl (C=O) groups is 3. The smallest absolute Gasteiger partial charge is 0.274 e. The number of nitrogens with zero attached hydrogens (tertiary/aromatic N) is 3. The zero-order chi connectivity index (χ0) is 19.2. The van der Waals surface area contributed by atoms with Crippen LogP contribution in [0.2, 0.25) is 0 Å². The van der Waals surface area contributed by atoms with E-state index in [1.807, 2.05) is 0 Å². The number of aromatic nitrogens is 2. The van der Waals surface area contributed by atoms with E-state index in [-0.39, 0.29) is 23.8 Å². The monoisotopic (exact) mass is 367 g/mol. The topological polar surface area (TPSA) is 104 Å². The van der Waals surface area contributed by atoms with Crippen molar-refractivity contribution in [1.82, 2.24) is 20.2 Å². The molecule has 1 aromatic heterocycles. The van der Waals surface area contributed by atoms with Crippen LogP contribution in [-0.4, -0.2) is 51.7 Å². The lowest BCUT2D eigenvalue weighted by molar-refractivity contribution is -0.114. The molecule has 0 unspecified atom stereocenters. The number of anilines is 1. The van der Waals surface area contributed by atoms with Crippen molar-refractivity contribution in [1.29, 1.82) is 0 Å². The molecule has 8 heteroatoms. The Bertz CT molecular complexity index is 832. The Morgan fingerprint density at radius 2 is 1.93 bits per heavy atom. The van der Waals surface area contributed by atoms with E-state index in [0.29, 0.717) is 42.9 Å². The molecule has 0 bridgehead atoms. The Morgan fingerprint density at radius 1 is 1.15 bits per heavy atom. The summed E-state index contributed by atoms with van der Waals surface area (Å²) in [6, 6.07) is 6.79. The van der Waals surface area contributed by atoms with Gasteiger partial charge in [0.1, 0.15) is 5.69 Å². The van der Waals surface area contributed by atoms with Crippen LogP contribution in [0.5, 0.6) is 0 Å². The van der Waals surface area contributed by atoms with E-state index in [4.69, 9.17) is 0 Å². The highest BCUT2D eigenvalue weighted by atomic mass is 16.2. The van der Waals surface area contributed by atoms with Gasteiger partial charge in [-0.15, -0.1) is 0 Å². The van der Waals surface area contributed by atoms with Gasteiger partial charge in [0, 0.05) is 49.7 Å². The Kier molecular flexibility index (Phi) is 5.75. The molecule has 3 rings (SSSR count). The van der Waals surface area contributed by atoms with Crippen LogP contribution in [0.4, 0.5) is 5.69 Å². The van der Waals surface area contributed by atoms with E-state index in [1.165, 1.54) is 25.5 Å². The normalized spacial score (nSPS) is 14.5. The van der Waals surface area contributed by atoms with Crippen molar-refractivity contribution >= 4 is 23.4 Å². The molecule has 8 nitrogen and oxygen atoms in total. The molecule has 1 aliphatic heterocycles. The zero-order valence-corrected chi connectivity index (χ0v) is 15.0. The standard InChI is InChI=1S/C19H21N5O3/c1-13(25)22-16-4-2-3-14(11-16)18(26)23-15-5-9-24(10-6-15)19(27)17-12-20-7-8-21-17/h2-4,7-8,11-12,15H,5-6,9-10H2,1H3,(H,22,25)(H,23,26). The van der Waals surface area contributed by atoms with Crippen LogP contribution in [0.1, 0.15) is 40.6 Å². The van der Waals surface area contributed by atoms with Gasteiger partial charge in [-0.25, -0.2) is 4.98 Å². The first-order valence-corrected chi connectivity index (χ1v) is 8.77. The van der Waals surface area contributed by atoms with Crippen molar-refractivity contribution in [2.45, 2.75) is 25.8 Å². The molecular formula is C19H21N5O3. The number of hydrogen-bond acceptors (Lipinski definition) is 5. The van der Waals surface area contributed by atoms with Crippen LogP contribution in [-0.2, 0) is 4.79 Å². The average molecular weight is 367 g/mol. The molecule has 1 aliphatic rings. The van der Waals surface area contributed by atoms with E-state index in [9.17, 15) is 14.4 Å². The minimum atomic E-state index is -0.194. The number of rotatable bonds is 4. The Labute approximate surface area is 157 Å². The van der Waals surface area contributed by atoms with Gasteiger partial charge in [-0.05, 0) is 31.0 Å². The second kappa shape index (κ2) is 8.39. The number of carbonyl (C=O) groups excluding carboxylic acids is 3. The Morgan fingerprint density at radius 3 is 2.59 bits per heavy atom. The van der Waals surface area contributed by atoms with Gasteiger partial charge in [-0.2, -0.15) is 0 Å². The molecule has 0 atom stereocenters. The average Bonchev–Trinajstić information content (AvgIpc) is 2.68. The summed E-state index contributed by atoms with van der Waals surface area (Å²) in [6.45, 7) is 2.52. The summed E-state index contributed by atoms with van der Waals surface area (Å²) in [7, 11) is 0. The number of benzene rings is 1. The molecule has 0 aliphatic carbocycles. The zero-order valence-electron chi connectivity index (χ0n) is 15.0. The summed E-state index contributed by atoms with van der Waals surface area (Å²) in [6.07, 6.45) is 5.82. The van der Waals surface area contributed by atoms with Crippen molar-refractivity contribution in [3.8, 4) is 0 Å². The van der Waals surface area contributed by atoms with E-state index >= 15 is 0 Å². The molecule has 2 aromatic rings. The predicted octanol–water partition coefficient (Wildman–Crippen LogP) is 1.47.